The molecule has 0 aliphatic heterocycles. The minimum atomic E-state index is 0.279. The van der Waals surface area contributed by atoms with Crippen molar-refractivity contribution >= 4 is 49.6 Å². The number of rotatable bonds is 4. The highest BCUT2D eigenvalue weighted by molar-refractivity contribution is 6.17. The Morgan fingerprint density at radius 3 is 1.77 bits per heavy atom. The van der Waals surface area contributed by atoms with Crippen LogP contribution in [0.4, 0.5) is 0 Å². The lowest BCUT2D eigenvalue weighted by atomic mass is 9.77. The fourth-order valence-electron chi connectivity index (χ4n) is 8.22. The van der Waals surface area contributed by atoms with Gasteiger partial charge in [-0.1, -0.05) is 146 Å². The summed E-state index contributed by atoms with van der Waals surface area (Å²) in [6, 6.07) is 49.0. The van der Waals surface area contributed by atoms with Crippen LogP contribution in [0, 0.1) is 5.92 Å². The van der Waals surface area contributed by atoms with Crippen molar-refractivity contribution in [3.05, 3.63) is 181 Å². The van der Waals surface area contributed by atoms with E-state index < -0.39 is 0 Å². The number of allylic oxidation sites excluding steroid dienone is 5. The molecule has 53 heavy (non-hydrogen) atoms. The number of hydrogen-bond donors (Lipinski definition) is 0. The normalized spacial score (nSPS) is 16.1. The highest BCUT2D eigenvalue weighted by atomic mass is 16.3. The van der Waals surface area contributed by atoms with E-state index in [0.717, 1.165) is 55.1 Å². The van der Waals surface area contributed by atoms with Crippen molar-refractivity contribution in [1.29, 1.82) is 0 Å². The Kier molecular flexibility index (Phi) is 6.65. The maximum atomic E-state index is 6.57. The van der Waals surface area contributed by atoms with Crippen LogP contribution in [-0.4, -0.2) is 15.0 Å². The fraction of sp³-hybridized carbons (Fsp3) is 0.0408. The predicted octanol–water partition coefficient (Wildman–Crippen LogP) is 12.6. The van der Waals surface area contributed by atoms with Gasteiger partial charge in [-0.3, -0.25) is 0 Å². The molecule has 2 unspecified atom stereocenters. The van der Waals surface area contributed by atoms with E-state index in [-0.39, 0.29) is 5.92 Å². The summed E-state index contributed by atoms with van der Waals surface area (Å²) in [5.74, 6) is 2.50. The molecule has 0 N–H and O–H groups in total. The van der Waals surface area contributed by atoms with Gasteiger partial charge in [0.05, 0.1) is 0 Å². The van der Waals surface area contributed by atoms with E-state index in [1.165, 1.54) is 27.3 Å². The average molecular weight is 678 g/mol. The molecule has 2 heterocycles. The first-order chi connectivity index (χ1) is 26.2. The number of fused-ring (bicyclic) bond motifs is 8. The first-order valence-corrected chi connectivity index (χ1v) is 18.1. The molecule has 0 saturated heterocycles. The van der Waals surface area contributed by atoms with E-state index in [1.54, 1.807) is 0 Å². The zero-order valence-electron chi connectivity index (χ0n) is 28.6. The second kappa shape index (κ2) is 11.8. The average Bonchev–Trinajstić information content (AvgIpc) is 3.62. The third-order valence-corrected chi connectivity index (χ3v) is 10.8. The van der Waals surface area contributed by atoms with Crippen LogP contribution < -0.4 is 0 Å². The van der Waals surface area contributed by atoms with Crippen LogP contribution in [0.3, 0.4) is 0 Å². The topological polar surface area (TPSA) is 51.8 Å². The lowest BCUT2D eigenvalue weighted by molar-refractivity contribution is 0.669. The Bertz CT molecular complexity index is 3040. The van der Waals surface area contributed by atoms with Crippen molar-refractivity contribution < 1.29 is 4.42 Å². The smallest absolute Gasteiger partial charge is 0.164 e. The van der Waals surface area contributed by atoms with Gasteiger partial charge in [-0.05, 0) is 74.1 Å². The zero-order valence-corrected chi connectivity index (χ0v) is 28.6. The van der Waals surface area contributed by atoms with Gasteiger partial charge in [0, 0.05) is 39.3 Å². The van der Waals surface area contributed by atoms with Crippen LogP contribution in [0.2, 0.25) is 0 Å². The van der Waals surface area contributed by atoms with E-state index in [1.807, 2.05) is 18.2 Å². The monoisotopic (exact) mass is 677 g/mol. The lowest BCUT2D eigenvalue weighted by Gasteiger charge is -2.27. The van der Waals surface area contributed by atoms with Gasteiger partial charge < -0.3 is 4.42 Å². The zero-order chi connectivity index (χ0) is 34.9. The Morgan fingerprint density at radius 1 is 0.434 bits per heavy atom. The van der Waals surface area contributed by atoms with E-state index in [2.05, 4.69) is 158 Å². The maximum Gasteiger partial charge on any atom is 0.164 e. The Labute approximate surface area is 306 Å². The summed E-state index contributed by atoms with van der Waals surface area (Å²) in [7, 11) is 0. The molecule has 0 fully saturated rings. The molecular formula is C49H31N3O. The third-order valence-electron chi connectivity index (χ3n) is 10.8. The summed E-state index contributed by atoms with van der Waals surface area (Å²) in [6.07, 6.45) is 13.4. The van der Waals surface area contributed by atoms with Gasteiger partial charge >= 0.3 is 0 Å². The number of furan rings is 1. The molecule has 9 aromatic rings. The lowest BCUT2D eigenvalue weighted by Crippen LogP contribution is -2.13. The summed E-state index contributed by atoms with van der Waals surface area (Å²) in [6.45, 7) is 0. The first kappa shape index (κ1) is 29.8. The van der Waals surface area contributed by atoms with Crippen molar-refractivity contribution in [2.75, 3.05) is 0 Å². The minimum Gasteiger partial charge on any atom is -0.456 e. The van der Waals surface area contributed by atoms with E-state index in [0.29, 0.717) is 23.4 Å². The summed E-state index contributed by atoms with van der Waals surface area (Å²) < 4.78 is 6.57. The molecule has 0 spiro atoms. The molecule has 0 radical (unpaired) electrons. The highest BCUT2D eigenvalue weighted by Gasteiger charge is 2.25. The molecular weight excluding hydrogens is 647 g/mol. The maximum absolute atomic E-state index is 6.57. The largest absolute Gasteiger partial charge is 0.456 e. The number of hydrogen-bond acceptors (Lipinski definition) is 4. The second-order valence-corrected chi connectivity index (χ2v) is 14.0. The molecule has 0 saturated carbocycles. The third kappa shape index (κ3) is 4.95. The van der Waals surface area contributed by atoms with E-state index in [4.69, 9.17) is 19.4 Å². The molecule has 2 aliphatic carbocycles. The standard InChI is InChI=1S/C49H31N3O/c1-3-12-34-27-36(24-19-30(34)9-1)40-15-7-17-43-45(40)46-41(16-8-18-44(46)53-43)49-51-47(37-25-20-31-10-2-4-13-35(31)28-37)50-48(52-49)38-26-23-33-22-21-32-11-5-6-14-39(32)42(33)29-38/h1-29,32,39H. The van der Waals surface area contributed by atoms with E-state index >= 15 is 0 Å². The number of nitrogens with zero attached hydrogens (tertiary/aromatic N) is 3. The van der Waals surface area contributed by atoms with Gasteiger partial charge in [0.2, 0.25) is 0 Å². The quantitative estimate of drug-likeness (QED) is 0.186. The minimum absolute atomic E-state index is 0.279. The molecule has 0 bridgehead atoms. The second-order valence-electron chi connectivity index (χ2n) is 14.0. The van der Waals surface area contributed by atoms with Crippen molar-refractivity contribution in [3.63, 3.8) is 0 Å². The molecule has 248 valence electrons. The van der Waals surface area contributed by atoms with E-state index in [9.17, 15) is 0 Å². The predicted molar refractivity (Wildman–Crippen MR) is 217 cm³/mol. The van der Waals surface area contributed by atoms with Crippen molar-refractivity contribution in [2.24, 2.45) is 5.92 Å². The van der Waals surface area contributed by atoms with Crippen LogP contribution in [0.5, 0.6) is 0 Å². The van der Waals surface area contributed by atoms with Crippen LogP contribution in [-0.2, 0) is 0 Å². The highest BCUT2D eigenvalue weighted by Crippen LogP contribution is 2.43. The van der Waals surface area contributed by atoms with Gasteiger partial charge in [0.25, 0.3) is 0 Å². The Morgan fingerprint density at radius 2 is 1.02 bits per heavy atom. The molecule has 0 amide bonds. The van der Waals surface area contributed by atoms with Crippen LogP contribution in [0.1, 0.15) is 17.0 Å². The molecule has 4 heteroatoms. The SMILES string of the molecule is C1=CC2C=Cc3ccc(-c4nc(-c5ccc6ccccc6c5)nc(-c5cccc6oc7cccc(-c8ccc9ccccc9c8)c7c56)n4)cc3C2C=C1. The van der Waals surface area contributed by atoms with Gasteiger partial charge in [0.15, 0.2) is 17.5 Å². The van der Waals surface area contributed by atoms with Gasteiger partial charge in [-0.2, -0.15) is 0 Å². The summed E-state index contributed by atoms with van der Waals surface area (Å²) in [5, 5.41) is 6.76. The fourth-order valence-corrected chi connectivity index (χ4v) is 8.22. The molecule has 2 atom stereocenters. The Hall–Kier alpha value is -6.91. The van der Waals surface area contributed by atoms with Crippen molar-refractivity contribution in [2.45, 2.75) is 5.92 Å². The first-order valence-electron chi connectivity index (χ1n) is 18.1. The summed E-state index contributed by atoms with van der Waals surface area (Å²) >= 11 is 0. The molecule has 2 aliphatic rings. The number of aromatic nitrogens is 3. The molecule has 2 aromatic heterocycles. The molecule has 11 rings (SSSR count). The van der Waals surface area contributed by atoms with Crippen LogP contribution in [0.25, 0.3) is 94.8 Å². The summed E-state index contributed by atoms with van der Waals surface area (Å²) in [5.41, 5.74) is 9.19. The summed E-state index contributed by atoms with van der Waals surface area (Å²) in [4.78, 5) is 15.7. The Balaban J connectivity index is 1.15. The number of benzene rings is 7. The molecule has 4 nitrogen and oxygen atoms in total. The van der Waals surface area contributed by atoms with Gasteiger partial charge in [-0.15, -0.1) is 0 Å². The van der Waals surface area contributed by atoms with Crippen LogP contribution in [0.15, 0.2) is 174 Å². The van der Waals surface area contributed by atoms with Crippen molar-refractivity contribution in [3.8, 4) is 45.3 Å². The van der Waals surface area contributed by atoms with Crippen LogP contribution >= 0.6 is 0 Å². The van der Waals surface area contributed by atoms with Gasteiger partial charge in [-0.25, -0.2) is 15.0 Å². The molecule has 7 aromatic carbocycles. The van der Waals surface area contributed by atoms with Crippen molar-refractivity contribution in [1.82, 2.24) is 15.0 Å². The van der Waals surface area contributed by atoms with Gasteiger partial charge in [0.1, 0.15) is 11.2 Å².